The summed E-state index contributed by atoms with van der Waals surface area (Å²) in [5.74, 6) is -0.762. The van der Waals surface area contributed by atoms with Gasteiger partial charge in [0, 0.05) is 57.9 Å². The van der Waals surface area contributed by atoms with Gasteiger partial charge in [0.2, 0.25) is 5.95 Å². The van der Waals surface area contributed by atoms with Gasteiger partial charge >= 0.3 is 0 Å². The number of fused-ring (bicyclic) bond motifs is 3. The number of nitrogens with zero attached hydrogens (tertiary/aromatic N) is 7. The second-order valence-corrected chi connectivity index (χ2v) is 10.3. The molecule has 1 aromatic carbocycles. The fourth-order valence-corrected chi connectivity index (χ4v) is 5.49. The summed E-state index contributed by atoms with van der Waals surface area (Å²) in [5, 5.41) is 12.8. The number of rotatable bonds is 7. The summed E-state index contributed by atoms with van der Waals surface area (Å²) in [7, 11) is 0. The van der Waals surface area contributed by atoms with E-state index in [1.165, 1.54) is 6.07 Å². The molecule has 2 aliphatic rings. The Morgan fingerprint density at radius 3 is 2.68 bits per heavy atom. The van der Waals surface area contributed by atoms with Crippen molar-refractivity contribution in [3.8, 4) is 17.2 Å². The number of halogens is 3. The van der Waals surface area contributed by atoms with Crippen molar-refractivity contribution in [1.29, 1.82) is 0 Å². The van der Waals surface area contributed by atoms with Gasteiger partial charge in [-0.25, -0.2) is 17.9 Å². The highest BCUT2D eigenvalue weighted by Crippen LogP contribution is 2.31. The zero-order valence-corrected chi connectivity index (χ0v) is 22.0. The van der Waals surface area contributed by atoms with Crippen molar-refractivity contribution in [3.05, 3.63) is 54.4 Å². The van der Waals surface area contributed by atoms with Crippen LogP contribution in [0, 0.1) is 11.6 Å². The van der Waals surface area contributed by atoms with E-state index in [2.05, 4.69) is 25.4 Å². The van der Waals surface area contributed by atoms with Crippen LogP contribution < -0.4 is 20.7 Å². The SMILES string of the molecule is Nc1nc2c(cnn2CCN2CCN(c3cc(O[C@H]4CNC[C@@H]4F)c(F)cc3F)CC2)c2cc(-c3ccco3)nn12. The first-order chi connectivity index (χ1) is 19.9. The van der Waals surface area contributed by atoms with Gasteiger partial charge in [-0.3, -0.25) is 4.90 Å². The second kappa shape index (κ2) is 10.3. The highest BCUT2D eigenvalue weighted by atomic mass is 19.1. The van der Waals surface area contributed by atoms with Crippen molar-refractivity contribution in [2.75, 3.05) is 56.4 Å². The number of nitrogens with one attached hydrogen (secondary N) is 1. The van der Waals surface area contributed by atoms with Crippen LogP contribution in [-0.4, -0.2) is 87.4 Å². The number of aromatic nitrogens is 5. The number of nitrogen functional groups attached to an aromatic ring is 1. The Hall–Kier alpha value is -4.30. The highest BCUT2D eigenvalue weighted by molar-refractivity contribution is 5.93. The summed E-state index contributed by atoms with van der Waals surface area (Å²) in [6.07, 6.45) is 1.31. The Bertz CT molecular complexity index is 1700. The van der Waals surface area contributed by atoms with Gasteiger partial charge in [-0.2, -0.15) is 19.7 Å². The summed E-state index contributed by atoms with van der Waals surface area (Å²) in [4.78, 5) is 8.65. The molecule has 14 heteroatoms. The lowest BCUT2D eigenvalue weighted by Crippen LogP contribution is -2.47. The average molecular weight is 568 g/mol. The van der Waals surface area contributed by atoms with Gasteiger partial charge in [0.15, 0.2) is 29.1 Å². The zero-order chi connectivity index (χ0) is 28.1. The van der Waals surface area contributed by atoms with Gasteiger partial charge in [-0.1, -0.05) is 0 Å². The van der Waals surface area contributed by atoms with E-state index in [9.17, 15) is 13.2 Å². The number of hydrogen-bond donors (Lipinski definition) is 2. The Morgan fingerprint density at radius 2 is 1.93 bits per heavy atom. The first-order valence-electron chi connectivity index (χ1n) is 13.5. The van der Waals surface area contributed by atoms with E-state index in [1.54, 1.807) is 23.0 Å². The maximum atomic E-state index is 14.7. The maximum Gasteiger partial charge on any atom is 0.223 e. The summed E-state index contributed by atoms with van der Waals surface area (Å²) in [5.41, 5.74) is 8.58. The van der Waals surface area contributed by atoms with Crippen molar-refractivity contribution >= 4 is 28.2 Å². The standard InChI is InChI=1S/C27H28F3N9O2/c28-17-10-18(29)24(41-25-15-32-14-19(25)30)12-22(17)37-6-3-36(4-7-37)5-8-38-26-16(13-33-38)21-11-20(23-2-1-9-40-23)35-39(21)27(31)34-26/h1-2,9-13,19,25,32H,3-8,14-15H2,(H2,31,34)/t19-,25-/m0/s1. The van der Waals surface area contributed by atoms with E-state index >= 15 is 0 Å². The van der Waals surface area contributed by atoms with Crippen molar-refractivity contribution in [2.24, 2.45) is 0 Å². The van der Waals surface area contributed by atoms with Crippen molar-refractivity contribution in [3.63, 3.8) is 0 Å². The van der Waals surface area contributed by atoms with E-state index in [0.717, 1.165) is 17.0 Å². The lowest BCUT2D eigenvalue weighted by atomic mass is 10.2. The molecule has 7 rings (SSSR count). The van der Waals surface area contributed by atoms with E-state index in [0.29, 0.717) is 56.4 Å². The minimum Gasteiger partial charge on any atom is -0.483 e. The van der Waals surface area contributed by atoms with Crippen LogP contribution in [0.2, 0.25) is 0 Å². The van der Waals surface area contributed by atoms with Crippen LogP contribution in [-0.2, 0) is 6.54 Å². The molecule has 0 amide bonds. The Kier molecular flexibility index (Phi) is 6.43. The number of benzene rings is 1. The Balaban J connectivity index is 1.02. The van der Waals surface area contributed by atoms with Gasteiger partial charge in [-0.05, 0) is 18.2 Å². The molecule has 11 nitrogen and oxygen atoms in total. The smallest absolute Gasteiger partial charge is 0.223 e. The Labute approximate surface area is 232 Å². The van der Waals surface area contributed by atoms with E-state index in [4.69, 9.17) is 14.9 Å². The summed E-state index contributed by atoms with van der Waals surface area (Å²) >= 11 is 0. The van der Waals surface area contributed by atoms with Gasteiger partial charge in [0.1, 0.15) is 17.6 Å². The second-order valence-electron chi connectivity index (χ2n) is 10.3. The van der Waals surface area contributed by atoms with E-state index in [-0.39, 0.29) is 30.5 Å². The molecule has 0 unspecified atom stereocenters. The highest BCUT2D eigenvalue weighted by Gasteiger charge is 2.30. The predicted octanol–water partition coefficient (Wildman–Crippen LogP) is 2.71. The number of anilines is 2. The fraction of sp³-hybridized carbons (Fsp3) is 0.370. The average Bonchev–Trinajstić information content (AvgIpc) is 3.77. The lowest BCUT2D eigenvalue weighted by Gasteiger charge is -2.36. The molecule has 0 aliphatic carbocycles. The van der Waals surface area contributed by atoms with Crippen LogP contribution in [0.3, 0.4) is 0 Å². The van der Waals surface area contributed by atoms with Crippen LogP contribution in [0.25, 0.3) is 28.0 Å². The van der Waals surface area contributed by atoms with Crippen molar-refractivity contribution in [1.82, 2.24) is 34.6 Å². The maximum absolute atomic E-state index is 14.7. The molecule has 6 heterocycles. The van der Waals surface area contributed by atoms with E-state index in [1.807, 2.05) is 21.7 Å². The molecule has 2 fully saturated rings. The summed E-state index contributed by atoms with van der Waals surface area (Å²) < 4.78 is 57.5. The minimum absolute atomic E-state index is 0.138. The molecule has 5 aromatic rings. The molecule has 0 saturated carbocycles. The van der Waals surface area contributed by atoms with Crippen LogP contribution in [0.15, 0.2) is 47.2 Å². The third kappa shape index (κ3) is 4.72. The first-order valence-corrected chi connectivity index (χ1v) is 13.5. The molecule has 2 saturated heterocycles. The fourth-order valence-electron chi connectivity index (χ4n) is 5.49. The third-order valence-electron chi connectivity index (χ3n) is 7.72. The molecule has 4 aromatic heterocycles. The molecule has 214 valence electrons. The molecule has 2 aliphatic heterocycles. The normalized spacial score (nSPS) is 20.0. The molecular formula is C27H28F3N9O2. The summed E-state index contributed by atoms with van der Waals surface area (Å²) in [6, 6.07) is 7.68. The van der Waals surface area contributed by atoms with Crippen LogP contribution >= 0.6 is 0 Å². The zero-order valence-electron chi connectivity index (χ0n) is 22.0. The largest absolute Gasteiger partial charge is 0.483 e. The summed E-state index contributed by atoms with van der Waals surface area (Å²) in [6.45, 7) is 4.11. The van der Waals surface area contributed by atoms with Gasteiger partial charge in [0.25, 0.3) is 0 Å². The van der Waals surface area contributed by atoms with Gasteiger partial charge < -0.3 is 25.1 Å². The molecule has 41 heavy (non-hydrogen) atoms. The molecule has 0 bridgehead atoms. The Morgan fingerprint density at radius 1 is 1.07 bits per heavy atom. The monoisotopic (exact) mass is 567 g/mol. The third-order valence-corrected chi connectivity index (χ3v) is 7.72. The van der Waals surface area contributed by atoms with Crippen molar-refractivity contribution < 1.29 is 22.3 Å². The van der Waals surface area contributed by atoms with Crippen LogP contribution in [0.4, 0.5) is 24.8 Å². The number of alkyl halides is 1. The van der Waals surface area contributed by atoms with Crippen molar-refractivity contribution in [2.45, 2.75) is 18.8 Å². The predicted molar refractivity (Wildman–Crippen MR) is 146 cm³/mol. The molecular weight excluding hydrogens is 539 g/mol. The number of piperazine rings is 1. The molecule has 3 N–H and O–H groups in total. The number of furan rings is 1. The number of ether oxygens (including phenoxy) is 1. The molecule has 0 spiro atoms. The van der Waals surface area contributed by atoms with Crippen LogP contribution in [0.1, 0.15) is 0 Å². The minimum atomic E-state index is -1.24. The lowest BCUT2D eigenvalue weighted by molar-refractivity contribution is 0.134. The van der Waals surface area contributed by atoms with Crippen LogP contribution in [0.5, 0.6) is 5.75 Å². The molecule has 0 radical (unpaired) electrons. The topological polar surface area (TPSA) is 115 Å². The quantitative estimate of drug-likeness (QED) is 0.306. The van der Waals surface area contributed by atoms with Gasteiger partial charge in [-0.15, -0.1) is 0 Å². The van der Waals surface area contributed by atoms with E-state index < -0.39 is 23.9 Å². The number of nitrogens with two attached hydrogens (primary N) is 1. The molecule has 2 atom stereocenters. The number of hydrogen-bond acceptors (Lipinski definition) is 9. The first kappa shape index (κ1) is 25.7. The van der Waals surface area contributed by atoms with Gasteiger partial charge in [0.05, 0.1) is 35.6 Å².